The van der Waals surface area contributed by atoms with Crippen molar-refractivity contribution in [3.8, 4) is 0 Å². The highest BCUT2D eigenvalue weighted by molar-refractivity contribution is 5.76. The molecule has 2 aromatic carbocycles. The summed E-state index contributed by atoms with van der Waals surface area (Å²) in [6.45, 7) is 5.76. The number of piperidine rings is 1. The first kappa shape index (κ1) is 21.5. The quantitative estimate of drug-likeness (QED) is 0.672. The van der Waals surface area contributed by atoms with E-state index in [0.29, 0.717) is 38.9 Å². The third-order valence-electron chi connectivity index (χ3n) is 6.11. The summed E-state index contributed by atoms with van der Waals surface area (Å²) in [7, 11) is 0. The van der Waals surface area contributed by atoms with Gasteiger partial charge in [-0.05, 0) is 48.9 Å². The highest BCUT2D eigenvalue weighted by Gasteiger charge is 2.41. The molecule has 5 nitrogen and oxygen atoms in total. The molecule has 1 amide bonds. The van der Waals surface area contributed by atoms with Crippen LogP contribution in [-0.2, 0) is 17.8 Å². The van der Waals surface area contributed by atoms with Gasteiger partial charge >= 0.3 is 0 Å². The third kappa shape index (κ3) is 5.44. The molecule has 0 spiro atoms. The lowest BCUT2D eigenvalue weighted by Gasteiger charge is -2.42. The van der Waals surface area contributed by atoms with E-state index in [1.165, 1.54) is 16.7 Å². The second-order valence-electron chi connectivity index (χ2n) is 8.16. The molecule has 0 radical (unpaired) electrons. The lowest BCUT2D eigenvalue weighted by atomic mass is 9.88. The van der Waals surface area contributed by atoms with E-state index < -0.39 is 11.7 Å². The normalized spacial score (nSPS) is 21.9. The molecular formula is C24H32N2O3. The van der Waals surface area contributed by atoms with Gasteiger partial charge in [0.05, 0.1) is 0 Å². The van der Waals surface area contributed by atoms with Crippen LogP contribution in [0.5, 0.6) is 0 Å². The molecule has 1 fully saturated rings. The third-order valence-corrected chi connectivity index (χ3v) is 6.11. The summed E-state index contributed by atoms with van der Waals surface area (Å²) >= 11 is 0. The molecule has 3 rings (SSSR count). The lowest BCUT2D eigenvalue weighted by molar-refractivity contribution is -0.148. The number of hydrogen-bond acceptors (Lipinski definition) is 4. The molecule has 1 aliphatic rings. The fourth-order valence-electron chi connectivity index (χ4n) is 3.87. The van der Waals surface area contributed by atoms with Crippen molar-refractivity contribution in [3.63, 3.8) is 0 Å². The van der Waals surface area contributed by atoms with Crippen molar-refractivity contribution < 1.29 is 15.0 Å². The molecule has 1 heterocycles. The van der Waals surface area contributed by atoms with Crippen LogP contribution in [-0.4, -0.2) is 52.4 Å². The lowest BCUT2D eigenvalue weighted by Crippen LogP contribution is -2.60. The Morgan fingerprint density at radius 1 is 1.17 bits per heavy atom. The van der Waals surface area contributed by atoms with Gasteiger partial charge in [-0.2, -0.15) is 0 Å². The van der Waals surface area contributed by atoms with Crippen LogP contribution in [0.1, 0.15) is 35.1 Å². The number of rotatable bonds is 7. The maximum absolute atomic E-state index is 12.5. The highest BCUT2D eigenvalue weighted by atomic mass is 16.3. The number of aryl methyl sites for hydroxylation is 2. The maximum Gasteiger partial charge on any atom is 0.222 e. The summed E-state index contributed by atoms with van der Waals surface area (Å²) in [6.07, 6.45) is 0.516. The van der Waals surface area contributed by atoms with Crippen LogP contribution in [0.2, 0.25) is 0 Å². The Balaban J connectivity index is 1.48. The number of carbonyl (C=O) groups excluding carboxylic acids is 1. The SMILES string of the molecule is Cc1cccc(CNC[C@@]2(O)CCN(C(=O)CCc3ccccc3)C[C@@H]2O)c1C. The van der Waals surface area contributed by atoms with Crippen molar-refractivity contribution in [2.75, 3.05) is 19.6 Å². The number of hydrogen-bond donors (Lipinski definition) is 3. The Morgan fingerprint density at radius 3 is 2.66 bits per heavy atom. The second kappa shape index (κ2) is 9.53. The summed E-state index contributed by atoms with van der Waals surface area (Å²) in [5.74, 6) is 0.0262. The molecule has 0 saturated carbocycles. The van der Waals surface area contributed by atoms with E-state index in [4.69, 9.17) is 0 Å². The molecule has 0 aromatic heterocycles. The van der Waals surface area contributed by atoms with Crippen LogP contribution in [0.3, 0.4) is 0 Å². The summed E-state index contributed by atoms with van der Waals surface area (Å²) in [5, 5.41) is 24.7. The number of carbonyl (C=O) groups is 1. The summed E-state index contributed by atoms with van der Waals surface area (Å²) in [4.78, 5) is 14.2. The van der Waals surface area contributed by atoms with Gasteiger partial charge in [-0.25, -0.2) is 0 Å². The van der Waals surface area contributed by atoms with Crippen molar-refractivity contribution in [2.24, 2.45) is 0 Å². The minimum atomic E-state index is -1.21. The number of amides is 1. The maximum atomic E-state index is 12.5. The van der Waals surface area contributed by atoms with Gasteiger partial charge in [0.1, 0.15) is 11.7 Å². The molecule has 29 heavy (non-hydrogen) atoms. The largest absolute Gasteiger partial charge is 0.388 e. The zero-order valence-electron chi connectivity index (χ0n) is 17.4. The first-order chi connectivity index (χ1) is 13.9. The molecule has 0 unspecified atom stereocenters. The van der Waals surface area contributed by atoms with Crippen LogP contribution in [0.25, 0.3) is 0 Å². The number of benzene rings is 2. The minimum Gasteiger partial charge on any atom is -0.388 e. The topological polar surface area (TPSA) is 72.8 Å². The number of β-amino-alcohol motifs (C(OH)–C–C–N with tert-alkyl or cyclic N) is 1. The Bertz CT molecular complexity index is 824. The molecule has 5 heteroatoms. The smallest absolute Gasteiger partial charge is 0.222 e. The number of aliphatic hydroxyl groups excluding tert-OH is 1. The zero-order chi connectivity index (χ0) is 20.9. The average molecular weight is 397 g/mol. The molecule has 1 saturated heterocycles. The predicted molar refractivity (Wildman–Crippen MR) is 115 cm³/mol. The van der Waals surface area contributed by atoms with Crippen molar-refractivity contribution in [2.45, 2.75) is 51.4 Å². The first-order valence-corrected chi connectivity index (χ1v) is 10.4. The fourth-order valence-corrected chi connectivity index (χ4v) is 3.87. The van der Waals surface area contributed by atoms with Crippen LogP contribution in [0.4, 0.5) is 0 Å². The van der Waals surface area contributed by atoms with E-state index in [2.05, 4.69) is 31.3 Å². The molecule has 0 bridgehead atoms. The summed E-state index contributed by atoms with van der Waals surface area (Å²) < 4.78 is 0. The molecule has 1 aliphatic heterocycles. The Labute approximate surface area is 173 Å². The minimum absolute atomic E-state index is 0.0262. The Kier molecular flexibility index (Phi) is 7.06. The van der Waals surface area contributed by atoms with Crippen molar-refractivity contribution in [1.29, 1.82) is 0 Å². The Morgan fingerprint density at radius 2 is 1.93 bits per heavy atom. The van der Waals surface area contributed by atoms with Crippen molar-refractivity contribution in [3.05, 3.63) is 70.8 Å². The molecule has 0 aliphatic carbocycles. The van der Waals surface area contributed by atoms with E-state index in [1.807, 2.05) is 36.4 Å². The van der Waals surface area contributed by atoms with Crippen LogP contribution >= 0.6 is 0 Å². The highest BCUT2D eigenvalue weighted by Crippen LogP contribution is 2.23. The van der Waals surface area contributed by atoms with Gasteiger partial charge in [0.25, 0.3) is 0 Å². The fraction of sp³-hybridized carbons (Fsp3) is 0.458. The van der Waals surface area contributed by atoms with Crippen LogP contribution in [0.15, 0.2) is 48.5 Å². The van der Waals surface area contributed by atoms with Gasteiger partial charge in [-0.1, -0.05) is 48.5 Å². The predicted octanol–water partition coefficient (Wildman–Crippen LogP) is 2.35. The van der Waals surface area contributed by atoms with Gasteiger partial charge in [-0.3, -0.25) is 4.79 Å². The van der Waals surface area contributed by atoms with E-state index in [1.54, 1.807) is 4.90 Å². The monoisotopic (exact) mass is 396 g/mol. The molecular weight excluding hydrogens is 364 g/mol. The zero-order valence-corrected chi connectivity index (χ0v) is 17.4. The van der Waals surface area contributed by atoms with Gasteiger partial charge in [0.2, 0.25) is 5.91 Å². The average Bonchev–Trinajstić information content (AvgIpc) is 2.72. The van der Waals surface area contributed by atoms with E-state index in [0.717, 1.165) is 5.56 Å². The standard InChI is InChI=1S/C24H32N2O3/c1-18-7-6-10-21(19(18)2)15-25-17-24(29)13-14-26(16-22(24)27)23(28)12-11-20-8-4-3-5-9-20/h3-10,22,25,27,29H,11-17H2,1-2H3/t22-,24-/m0/s1. The van der Waals surface area contributed by atoms with Gasteiger partial charge in [-0.15, -0.1) is 0 Å². The molecule has 2 aromatic rings. The molecule has 2 atom stereocenters. The van der Waals surface area contributed by atoms with Gasteiger partial charge in [0, 0.05) is 32.6 Å². The van der Waals surface area contributed by atoms with Gasteiger partial charge in [0.15, 0.2) is 0 Å². The number of nitrogens with one attached hydrogen (secondary N) is 1. The summed E-state index contributed by atoms with van der Waals surface area (Å²) in [6, 6.07) is 16.1. The van der Waals surface area contributed by atoms with E-state index >= 15 is 0 Å². The molecule has 3 N–H and O–H groups in total. The second-order valence-corrected chi connectivity index (χ2v) is 8.16. The van der Waals surface area contributed by atoms with Crippen molar-refractivity contribution in [1.82, 2.24) is 10.2 Å². The Hall–Kier alpha value is -2.21. The number of nitrogens with zero attached hydrogens (tertiary/aromatic N) is 1. The van der Waals surface area contributed by atoms with E-state index in [-0.39, 0.29) is 12.5 Å². The molecule has 156 valence electrons. The number of aliphatic hydroxyl groups is 2. The number of likely N-dealkylation sites (tertiary alicyclic amines) is 1. The van der Waals surface area contributed by atoms with E-state index in [9.17, 15) is 15.0 Å². The van der Waals surface area contributed by atoms with Crippen LogP contribution < -0.4 is 5.32 Å². The first-order valence-electron chi connectivity index (χ1n) is 10.4. The van der Waals surface area contributed by atoms with Crippen molar-refractivity contribution >= 4 is 5.91 Å². The van der Waals surface area contributed by atoms with Crippen LogP contribution in [0, 0.1) is 13.8 Å². The summed E-state index contributed by atoms with van der Waals surface area (Å²) in [5.41, 5.74) is 3.59. The van der Waals surface area contributed by atoms with Gasteiger partial charge < -0.3 is 20.4 Å².